The molecule has 0 saturated heterocycles. The van der Waals surface area contributed by atoms with Gasteiger partial charge >= 0.3 is 5.97 Å². The summed E-state index contributed by atoms with van der Waals surface area (Å²) in [5, 5.41) is 9.64. The van der Waals surface area contributed by atoms with E-state index in [0.29, 0.717) is 0 Å². The molecule has 0 spiro atoms. The van der Waals surface area contributed by atoms with Gasteiger partial charge in [-0.2, -0.15) is 0 Å². The lowest BCUT2D eigenvalue weighted by atomic mass is 10.0. The van der Waals surface area contributed by atoms with E-state index < -0.39 is 18.1 Å². The number of aliphatic hydroxyl groups is 1. The van der Waals surface area contributed by atoms with E-state index in [4.69, 9.17) is 10.5 Å². The molecule has 94 valence electrons. The Morgan fingerprint density at radius 2 is 1.94 bits per heavy atom. The maximum Gasteiger partial charge on any atom is 0.325 e. The Balaban J connectivity index is 2.45. The molecule has 0 aliphatic rings. The number of hydrogen-bond acceptors (Lipinski definition) is 4. The fourth-order valence-electron chi connectivity index (χ4n) is 1.38. The lowest BCUT2D eigenvalue weighted by Crippen LogP contribution is -2.45. The highest BCUT2D eigenvalue weighted by Crippen LogP contribution is 2.07. The SMILES string of the molecule is CC(C)[C@H](O)[C@H](N)C(=O)OCc1ccccc1. The molecule has 4 nitrogen and oxygen atoms in total. The van der Waals surface area contributed by atoms with Crippen LogP contribution in [0.25, 0.3) is 0 Å². The van der Waals surface area contributed by atoms with Crippen LogP contribution in [0.1, 0.15) is 19.4 Å². The molecule has 4 heteroatoms. The minimum Gasteiger partial charge on any atom is -0.460 e. The van der Waals surface area contributed by atoms with Gasteiger partial charge in [0, 0.05) is 0 Å². The molecule has 0 radical (unpaired) electrons. The number of rotatable bonds is 5. The Bertz CT molecular complexity index is 351. The van der Waals surface area contributed by atoms with Crippen LogP contribution in [0.2, 0.25) is 0 Å². The molecule has 0 aromatic heterocycles. The van der Waals surface area contributed by atoms with Gasteiger partial charge in [-0.3, -0.25) is 4.79 Å². The van der Waals surface area contributed by atoms with Gasteiger partial charge in [-0.05, 0) is 11.5 Å². The van der Waals surface area contributed by atoms with Crippen molar-refractivity contribution in [2.75, 3.05) is 0 Å². The molecule has 1 aromatic rings. The zero-order valence-corrected chi connectivity index (χ0v) is 10.2. The van der Waals surface area contributed by atoms with Crippen molar-refractivity contribution in [2.45, 2.75) is 32.6 Å². The average molecular weight is 237 g/mol. The van der Waals surface area contributed by atoms with Gasteiger partial charge in [0.25, 0.3) is 0 Å². The van der Waals surface area contributed by atoms with Crippen molar-refractivity contribution in [3.63, 3.8) is 0 Å². The third-order valence-corrected chi connectivity index (χ3v) is 2.55. The van der Waals surface area contributed by atoms with Gasteiger partial charge < -0.3 is 15.6 Å². The number of hydrogen-bond donors (Lipinski definition) is 2. The van der Waals surface area contributed by atoms with E-state index in [1.807, 2.05) is 30.3 Å². The molecule has 0 fully saturated rings. The minimum absolute atomic E-state index is 0.0747. The van der Waals surface area contributed by atoms with Crippen LogP contribution in [0.15, 0.2) is 30.3 Å². The number of carbonyl (C=O) groups excluding carboxylic acids is 1. The Labute approximate surface area is 101 Å². The van der Waals surface area contributed by atoms with Gasteiger partial charge in [-0.1, -0.05) is 44.2 Å². The van der Waals surface area contributed by atoms with Crippen LogP contribution in [0.5, 0.6) is 0 Å². The maximum atomic E-state index is 11.6. The highest BCUT2D eigenvalue weighted by atomic mass is 16.5. The van der Waals surface area contributed by atoms with Crippen LogP contribution in [-0.4, -0.2) is 23.2 Å². The highest BCUT2D eigenvalue weighted by Gasteiger charge is 2.26. The molecular formula is C13H19NO3. The van der Waals surface area contributed by atoms with Gasteiger partial charge in [0.05, 0.1) is 6.10 Å². The van der Waals surface area contributed by atoms with Gasteiger partial charge in [-0.25, -0.2) is 0 Å². The summed E-state index contributed by atoms with van der Waals surface area (Å²) in [7, 11) is 0. The molecule has 0 saturated carbocycles. The normalized spacial score (nSPS) is 14.4. The van der Waals surface area contributed by atoms with Crippen LogP contribution < -0.4 is 5.73 Å². The summed E-state index contributed by atoms with van der Waals surface area (Å²) in [6.45, 7) is 3.78. The van der Waals surface area contributed by atoms with Gasteiger partial charge in [-0.15, -0.1) is 0 Å². The fourth-order valence-corrected chi connectivity index (χ4v) is 1.38. The van der Waals surface area contributed by atoms with Crippen molar-refractivity contribution in [2.24, 2.45) is 11.7 Å². The first-order valence-electron chi connectivity index (χ1n) is 5.66. The topological polar surface area (TPSA) is 72.5 Å². The molecule has 1 aromatic carbocycles. The van der Waals surface area contributed by atoms with Gasteiger partial charge in [0.15, 0.2) is 0 Å². The van der Waals surface area contributed by atoms with E-state index in [2.05, 4.69) is 0 Å². The molecule has 0 aliphatic carbocycles. The summed E-state index contributed by atoms with van der Waals surface area (Å²) in [4.78, 5) is 11.6. The Morgan fingerprint density at radius 1 is 1.35 bits per heavy atom. The third-order valence-electron chi connectivity index (χ3n) is 2.55. The lowest BCUT2D eigenvalue weighted by molar-refractivity contribution is -0.150. The molecule has 0 aliphatic heterocycles. The standard InChI is InChI=1S/C13H19NO3/c1-9(2)12(15)11(14)13(16)17-8-10-6-4-3-5-7-10/h3-7,9,11-12,15H,8,14H2,1-2H3/t11-,12-/m0/s1. The zero-order chi connectivity index (χ0) is 12.8. The first-order valence-corrected chi connectivity index (χ1v) is 5.66. The smallest absolute Gasteiger partial charge is 0.325 e. The lowest BCUT2D eigenvalue weighted by Gasteiger charge is -2.20. The molecule has 3 N–H and O–H groups in total. The number of esters is 1. The second-order valence-corrected chi connectivity index (χ2v) is 4.35. The Hall–Kier alpha value is -1.39. The third kappa shape index (κ3) is 4.17. The number of nitrogens with two attached hydrogens (primary N) is 1. The fraction of sp³-hybridized carbons (Fsp3) is 0.462. The first-order chi connectivity index (χ1) is 8.02. The molecule has 0 heterocycles. The van der Waals surface area contributed by atoms with E-state index >= 15 is 0 Å². The zero-order valence-electron chi connectivity index (χ0n) is 10.2. The Morgan fingerprint density at radius 3 is 2.47 bits per heavy atom. The van der Waals surface area contributed by atoms with E-state index in [1.54, 1.807) is 13.8 Å². The van der Waals surface area contributed by atoms with E-state index in [0.717, 1.165) is 5.56 Å². The monoisotopic (exact) mass is 237 g/mol. The van der Waals surface area contributed by atoms with E-state index in [9.17, 15) is 9.90 Å². The van der Waals surface area contributed by atoms with Crippen LogP contribution in [0.3, 0.4) is 0 Å². The van der Waals surface area contributed by atoms with Crippen molar-refractivity contribution in [1.29, 1.82) is 0 Å². The average Bonchev–Trinajstić information content (AvgIpc) is 2.35. The summed E-state index contributed by atoms with van der Waals surface area (Å²) in [5.74, 6) is -0.649. The molecule has 17 heavy (non-hydrogen) atoms. The largest absolute Gasteiger partial charge is 0.460 e. The second kappa shape index (κ2) is 6.37. The van der Waals surface area contributed by atoms with E-state index in [1.165, 1.54) is 0 Å². The highest BCUT2D eigenvalue weighted by molar-refractivity contribution is 5.76. The van der Waals surface area contributed by atoms with E-state index in [-0.39, 0.29) is 12.5 Å². The number of ether oxygens (including phenoxy) is 1. The summed E-state index contributed by atoms with van der Waals surface area (Å²) in [6.07, 6.45) is -0.877. The van der Waals surface area contributed by atoms with Crippen molar-refractivity contribution >= 4 is 5.97 Å². The van der Waals surface area contributed by atoms with Crippen LogP contribution >= 0.6 is 0 Å². The minimum atomic E-state index is -0.987. The van der Waals surface area contributed by atoms with Crippen molar-refractivity contribution in [3.8, 4) is 0 Å². The molecule has 0 amide bonds. The number of carbonyl (C=O) groups is 1. The summed E-state index contributed by atoms with van der Waals surface area (Å²) >= 11 is 0. The molecular weight excluding hydrogens is 218 g/mol. The Kier molecular flexibility index (Phi) is 5.12. The molecule has 0 bridgehead atoms. The van der Waals surface area contributed by atoms with Crippen LogP contribution in [0.4, 0.5) is 0 Å². The van der Waals surface area contributed by atoms with Crippen LogP contribution in [-0.2, 0) is 16.1 Å². The summed E-state index contributed by atoms with van der Waals surface area (Å²) in [5.41, 5.74) is 6.50. The summed E-state index contributed by atoms with van der Waals surface area (Å²) < 4.78 is 5.04. The molecule has 0 unspecified atom stereocenters. The molecule has 2 atom stereocenters. The maximum absolute atomic E-state index is 11.6. The summed E-state index contributed by atoms with van der Waals surface area (Å²) in [6, 6.07) is 8.35. The first kappa shape index (κ1) is 13.7. The van der Waals surface area contributed by atoms with Gasteiger partial charge in [0.1, 0.15) is 12.6 Å². The van der Waals surface area contributed by atoms with Crippen molar-refractivity contribution in [3.05, 3.63) is 35.9 Å². The van der Waals surface area contributed by atoms with Crippen LogP contribution in [0, 0.1) is 5.92 Å². The van der Waals surface area contributed by atoms with Crippen molar-refractivity contribution < 1.29 is 14.6 Å². The van der Waals surface area contributed by atoms with Crippen molar-refractivity contribution in [1.82, 2.24) is 0 Å². The van der Waals surface area contributed by atoms with Gasteiger partial charge in [0.2, 0.25) is 0 Å². The number of benzene rings is 1. The second-order valence-electron chi connectivity index (χ2n) is 4.35. The molecule has 1 rings (SSSR count). The predicted molar refractivity (Wildman–Crippen MR) is 65.1 cm³/mol. The quantitative estimate of drug-likeness (QED) is 0.751. The number of aliphatic hydroxyl groups excluding tert-OH is 1. The predicted octanol–water partition coefficient (Wildman–Crippen LogP) is 1.07.